The molecular weight excluding hydrogens is 338 g/mol. The first-order valence-corrected chi connectivity index (χ1v) is 7.29. The Morgan fingerprint density at radius 2 is 2.24 bits per heavy atom. The van der Waals surface area contributed by atoms with E-state index in [1.165, 1.54) is 17.6 Å². The first-order chi connectivity index (χ1) is 10.0. The van der Waals surface area contributed by atoms with Crippen LogP contribution in [0.15, 0.2) is 33.7 Å². The zero-order chi connectivity index (χ0) is 15.4. The monoisotopic (exact) mass is 353 g/mol. The summed E-state index contributed by atoms with van der Waals surface area (Å²) < 4.78 is 6.94. The van der Waals surface area contributed by atoms with Crippen molar-refractivity contribution >= 4 is 27.5 Å². The van der Waals surface area contributed by atoms with Crippen LogP contribution in [0.25, 0.3) is 5.65 Å². The Balaban J connectivity index is 2.28. The van der Waals surface area contributed by atoms with Gasteiger partial charge in [-0.2, -0.15) is 0 Å². The van der Waals surface area contributed by atoms with Gasteiger partial charge in [0.2, 0.25) is 0 Å². The van der Waals surface area contributed by atoms with E-state index < -0.39 is 0 Å². The molecule has 2 heterocycles. The van der Waals surface area contributed by atoms with Crippen LogP contribution in [0, 0.1) is 0 Å². The Kier molecular flexibility index (Phi) is 5.08. The molecule has 0 unspecified atom stereocenters. The Bertz CT molecular complexity index is 714. The van der Waals surface area contributed by atoms with Gasteiger partial charge < -0.3 is 4.74 Å². The minimum absolute atomic E-state index is 0.148. The van der Waals surface area contributed by atoms with Crippen LogP contribution in [0.2, 0.25) is 0 Å². The van der Waals surface area contributed by atoms with Crippen molar-refractivity contribution in [1.29, 1.82) is 0 Å². The number of halogens is 1. The lowest BCUT2D eigenvalue weighted by Crippen LogP contribution is -2.31. The van der Waals surface area contributed by atoms with E-state index in [4.69, 9.17) is 0 Å². The van der Waals surface area contributed by atoms with Crippen LogP contribution < -0.4 is 5.56 Å². The third-order valence-corrected chi connectivity index (χ3v) is 3.56. The molecule has 21 heavy (non-hydrogen) atoms. The molecule has 7 heteroatoms. The molecule has 0 bridgehead atoms. The van der Waals surface area contributed by atoms with Crippen LogP contribution in [0.4, 0.5) is 0 Å². The van der Waals surface area contributed by atoms with Crippen molar-refractivity contribution < 1.29 is 9.53 Å². The fourth-order valence-electron chi connectivity index (χ4n) is 1.96. The second kappa shape index (κ2) is 6.82. The number of carbonyl (C=O) groups excluding carboxylic acids is 1. The highest BCUT2D eigenvalue weighted by molar-refractivity contribution is 9.10. The van der Waals surface area contributed by atoms with Crippen molar-refractivity contribution in [2.75, 3.05) is 20.2 Å². The van der Waals surface area contributed by atoms with E-state index >= 15 is 0 Å². The number of pyridine rings is 1. The van der Waals surface area contributed by atoms with Crippen molar-refractivity contribution in [3.63, 3.8) is 0 Å². The van der Waals surface area contributed by atoms with Crippen LogP contribution in [-0.2, 0) is 16.1 Å². The predicted molar refractivity (Wildman–Crippen MR) is 82.1 cm³/mol. The molecule has 0 N–H and O–H groups in total. The first kappa shape index (κ1) is 15.7. The lowest BCUT2D eigenvalue weighted by atomic mass is 10.3. The predicted octanol–water partition coefficient (Wildman–Crippen LogP) is 1.45. The maximum absolute atomic E-state index is 12.1. The molecule has 0 amide bonds. The number of fused-ring (bicyclic) bond motifs is 1. The lowest BCUT2D eigenvalue weighted by molar-refractivity contribution is -0.142. The minimum Gasteiger partial charge on any atom is -0.468 e. The standard InChI is InChI=1S/C14H16BrN3O3/c1-3-17(9-14(20)21-2)8-11-6-13(19)18-7-10(15)4-5-12(18)16-11/h4-7H,3,8-9H2,1-2H3. The number of likely N-dealkylation sites (N-methyl/N-ethyl adjacent to an activating group) is 1. The Labute approximate surface area is 130 Å². The average molecular weight is 354 g/mol. The second-order valence-electron chi connectivity index (χ2n) is 4.54. The van der Waals surface area contributed by atoms with Gasteiger partial charge in [-0.3, -0.25) is 18.9 Å². The maximum Gasteiger partial charge on any atom is 0.319 e. The summed E-state index contributed by atoms with van der Waals surface area (Å²) in [7, 11) is 1.36. The molecule has 0 aromatic carbocycles. The largest absolute Gasteiger partial charge is 0.468 e. The molecule has 2 aromatic heterocycles. The van der Waals surface area contributed by atoms with Crippen molar-refractivity contribution in [2.24, 2.45) is 0 Å². The number of aromatic nitrogens is 2. The van der Waals surface area contributed by atoms with E-state index in [1.54, 1.807) is 12.3 Å². The fraction of sp³-hybridized carbons (Fsp3) is 0.357. The Morgan fingerprint density at radius 1 is 1.48 bits per heavy atom. The normalized spacial score (nSPS) is 11.0. The van der Waals surface area contributed by atoms with Gasteiger partial charge in [0.1, 0.15) is 5.65 Å². The highest BCUT2D eigenvalue weighted by Crippen LogP contribution is 2.10. The molecule has 0 radical (unpaired) electrons. The summed E-state index contributed by atoms with van der Waals surface area (Å²) in [5, 5.41) is 0. The molecule has 6 nitrogen and oxygen atoms in total. The third kappa shape index (κ3) is 3.89. The van der Waals surface area contributed by atoms with Crippen LogP contribution in [0.5, 0.6) is 0 Å². The van der Waals surface area contributed by atoms with Crippen LogP contribution >= 0.6 is 15.9 Å². The van der Waals surface area contributed by atoms with Gasteiger partial charge in [0.05, 0.1) is 19.3 Å². The number of esters is 1. The maximum atomic E-state index is 12.1. The van der Waals surface area contributed by atoms with Crippen LogP contribution in [0.3, 0.4) is 0 Å². The van der Waals surface area contributed by atoms with Gasteiger partial charge in [-0.1, -0.05) is 6.92 Å². The summed E-state index contributed by atoms with van der Waals surface area (Å²) >= 11 is 3.32. The van der Waals surface area contributed by atoms with Gasteiger partial charge >= 0.3 is 5.97 Å². The smallest absolute Gasteiger partial charge is 0.319 e. The quantitative estimate of drug-likeness (QED) is 0.761. The highest BCUT2D eigenvalue weighted by Gasteiger charge is 2.11. The first-order valence-electron chi connectivity index (χ1n) is 6.50. The Morgan fingerprint density at radius 3 is 2.90 bits per heavy atom. The number of carbonyl (C=O) groups is 1. The van der Waals surface area contributed by atoms with Crippen molar-refractivity contribution in [2.45, 2.75) is 13.5 Å². The molecule has 0 fully saturated rings. The second-order valence-corrected chi connectivity index (χ2v) is 5.46. The van der Waals surface area contributed by atoms with Gasteiger partial charge in [-0.05, 0) is 34.6 Å². The number of methoxy groups -OCH3 is 1. The molecule has 112 valence electrons. The highest BCUT2D eigenvalue weighted by atomic mass is 79.9. The van der Waals surface area contributed by atoms with Crippen molar-refractivity contribution in [3.05, 3.63) is 44.9 Å². The van der Waals surface area contributed by atoms with E-state index in [0.717, 1.165) is 4.47 Å². The van der Waals surface area contributed by atoms with E-state index in [1.807, 2.05) is 17.9 Å². The summed E-state index contributed by atoms with van der Waals surface area (Å²) in [6.07, 6.45) is 1.68. The number of ether oxygens (including phenoxy) is 1. The summed E-state index contributed by atoms with van der Waals surface area (Å²) in [5.41, 5.74) is 1.06. The van der Waals surface area contributed by atoms with Gasteiger partial charge in [-0.15, -0.1) is 0 Å². The summed E-state index contributed by atoms with van der Waals surface area (Å²) in [5.74, 6) is -0.307. The topological polar surface area (TPSA) is 63.9 Å². The third-order valence-electron chi connectivity index (χ3n) is 3.09. The number of hydrogen-bond acceptors (Lipinski definition) is 5. The number of nitrogens with zero attached hydrogens (tertiary/aromatic N) is 3. The molecule has 0 aliphatic carbocycles. The van der Waals surface area contributed by atoms with E-state index in [9.17, 15) is 9.59 Å². The van der Waals surface area contributed by atoms with Gasteiger partial charge in [0.15, 0.2) is 0 Å². The number of rotatable bonds is 5. The molecule has 0 saturated carbocycles. The SMILES string of the molecule is CCN(CC(=O)OC)Cc1cc(=O)n2cc(Br)ccc2n1. The molecule has 0 spiro atoms. The molecule has 2 rings (SSSR count). The molecular formula is C14H16BrN3O3. The summed E-state index contributed by atoms with van der Waals surface area (Å²) in [6, 6.07) is 5.09. The molecule has 0 aliphatic rings. The minimum atomic E-state index is -0.307. The van der Waals surface area contributed by atoms with E-state index in [-0.39, 0.29) is 18.1 Å². The average Bonchev–Trinajstić information content (AvgIpc) is 2.47. The fourth-order valence-corrected chi connectivity index (χ4v) is 2.30. The molecule has 0 atom stereocenters. The molecule has 0 saturated heterocycles. The molecule has 0 aliphatic heterocycles. The van der Waals surface area contributed by atoms with Crippen LogP contribution in [0.1, 0.15) is 12.6 Å². The van der Waals surface area contributed by atoms with Gasteiger partial charge in [0.25, 0.3) is 5.56 Å². The zero-order valence-corrected chi connectivity index (χ0v) is 13.5. The van der Waals surface area contributed by atoms with E-state index in [0.29, 0.717) is 24.4 Å². The zero-order valence-electron chi connectivity index (χ0n) is 11.9. The van der Waals surface area contributed by atoms with E-state index in [2.05, 4.69) is 25.7 Å². The van der Waals surface area contributed by atoms with Gasteiger partial charge in [-0.25, -0.2) is 4.98 Å². The Hall–Kier alpha value is -1.73. The lowest BCUT2D eigenvalue weighted by Gasteiger charge is -2.18. The van der Waals surface area contributed by atoms with Crippen molar-refractivity contribution in [3.8, 4) is 0 Å². The molecule has 2 aromatic rings. The van der Waals surface area contributed by atoms with Crippen molar-refractivity contribution in [1.82, 2.24) is 14.3 Å². The van der Waals surface area contributed by atoms with Crippen LogP contribution in [-0.4, -0.2) is 40.5 Å². The summed E-state index contributed by atoms with van der Waals surface area (Å²) in [6.45, 7) is 3.20. The van der Waals surface area contributed by atoms with Gasteiger partial charge in [0, 0.05) is 23.3 Å². The number of hydrogen-bond donors (Lipinski definition) is 0. The summed E-state index contributed by atoms with van der Waals surface area (Å²) in [4.78, 5) is 29.7.